The van der Waals surface area contributed by atoms with Crippen LogP contribution in [0.25, 0.3) is 11.1 Å². The lowest BCUT2D eigenvalue weighted by Crippen LogP contribution is -2.13. The molecule has 174 valence electrons. The van der Waals surface area contributed by atoms with E-state index in [-0.39, 0.29) is 22.4 Å². The van der Waals surface area contributed by atoms with Gasteiger partial charge in [0, 0.05) is 9.75 Å². The maximum absolute atomic E-state index is 12.3. The summed E-state index contributed by atoms with van der Waals surface area (Å²) in [6, 6.07) is 4.42. The Morgan fingerprint density at radius 2 is 0.848 bits per heavy atom. The van der Waals surface area contributed by atoms with Crippen molar-refractivity contribution in [2.45, 2.75) is 69.2 Å². The molecule has 0 bridgehead atoms. The first-order chi connectivity index (χ1) is 15.1. The fourth-order valence-corrected chi connectivity index (χ4v) is 6.25. The van der Waals surface area contributed by atoms with Crippen LogP contribution in [0.1, 0.15) is 79.0 Å². The maximum atomic E-state index is 12.3. The van der Waals surface area contributed by atoms with Crippen molar-refractivity contribution in [3.63, 3.8) is 0 Å². The van der Waals surface area contributed by atoms with E-state index < -0.39 is 0 Å². The molecule has 0 saturated carbocycles. The number of Topliss-reactive ketones (excluding diaryl/α,β-unsaturated/α-hetero) is 2. The summed E-state index contributed by atoms with van der Waals surface area (Å²) < 4.78 is 0. The van der Waals surface area contributed by atoms with Gasteiger partial charge in [-0.25, -0.2) is 0 Å². The second-order valence-electron chi connectivity index (χ2n) is 11.3. The molecule has 0 radical (unpaired) electrons. The minimum atomic E-state index is -0.0926. The van der Waals surface area contributed by atoms with Gasteiger partial charge in [-0.2, -0.15) is 0 Å². The van der Waals surface area contributed by atoms with Gasteiger partial charge in [0.05, 0.1) is 0 Å². The molecule has 0 aromatic carbocycles. The first-order valence-electron chi connectivity index (χ1n) is 11.5. The predicted octanol–water partition coefficient (Wildman–Crippen LogP) is 8.30. The largest absolute Gasteiger partial charge is 0.289 e. The van der Waals surface area contributed by atoms with Crippen molar-refractivity contribution in [3.8, 4) is 0 Å². The molecule has 1 heterocycles. The van der Waals surface area contributed by atoms with Crippen molar-refractivity contribution in [3.05, 3.63) is 79.6 Å². The van der Waals surface area contributed by atoms with E-state index in [1.54, 1.807) is 11.3 Å². The quantitative estimate of drug-likeness (QED) is 0.445. The van der Waals surface area contributed by atoms with Crippen molar-refractivity contribution < 1.29 is 9.59 Å². The average molecular weight is 461 g/mol. The minimum absolute atomic E-state index is 0.0926. The minimum Gasteiger partial charge on any atom is -0.289 e. The Morgan fingerprint density at radius 1 is 0.576 bits per heavy atom. The molecule has 0 aliphatic heterocycles. The van der Waals surface area contributed by atoms with Crippen LogP contribution in [0.5, 0.6) is 0 Å². The molecule has 33 heavy (non-hydrogen) atoms. The number of ketones is 2. The molecule has 2 nitrogen and oxygen atoms in total. The Balaban J connectivity index is 2.26. The van der Waals surface area contributed by atoms with E-state index in [9.17, 15) is 9.59 Å². The summed E-state index contributed by atoms with van der Waals surface area (Å²) >= 11 is 1.79. The van der Waals surface area contributed by atoms with Crippen LogP contribution >= 0.6 is 11.3 Å². The first kappa shape index (κ1) is 25.1. The number of allylic oxidation sites excluding steroid dienone is 12. The Morgan fingerprint density at radius 3 is 1.09 bits per heavy atom. The Labute approximate surface area is 203 Å². The number of hydrogen-bond acceptors (Lipinski definition) is 3. The third-order valence-electron chi connectivity index (χ3n) is 6.10. The monoisotopic (exact) mass is 460 g/mol. The third kappa shape index (κ3) is 5.04. The molecule has 0 atom stereocenters. The Kier molecular flexibility index (Phi) is 6.61. The maximum Gasteiger partial charge on any atom is 0.184 e. The van der Waals surface area contributed by atoms with E-state index in [1.165, 1.54) is 20.9 Å². The highest BCUT2D eigenvalue weighted by molar-refractivity contribution is 7.14. The normalized spacial score (nSPS) is 17.5. The highest BCUT2D eigenvalue weighted by Crippen LogP contribution is 2.47. The van der Waals surface area contributed by atoms with Gasteiger partial charge in [0.15, 0.2) is 11.6 Å². The molecule has 0 spiro atoms. The number of carbonyl (C=O) groups excluding carboxylic acids is 2. The van der Waals surface area contributed by atoms with E-state index in [0.717, 1.165) is 33.4 Å². The molecule has 2 aliphatic rings. The molecule has 1 aromatic heterocycles. The molecule has 0 unspecified atom stereocenters. The number of carbonyl (C=O) groups is 2. The molecule has 1 aromatic rings. The van der Waals surface area contributed by atoms with Crippen molar-refractivity contribution in [1.29, 1.82) is 0 Å². The van der Waals surface area contributed by atoms with Crippen LogP contribution in [0.3, 0.4) is 0 Å². The summed E-state index contributed by atoms with van der Waals surface area (Å²) in [6.07, 6.45) is 8.12. The zero-order valence-electron chi connectivity index (χ0n) is 21.7. The molecule has 0 fully saturated rings. The van der Waals surface area contributed by atoms with E-state index in [1.807, 2.05) is 52.0 Å². The third-order valence-corrected chi connectivity index (χ3v) is 7.22. The summed E-state index contributed by atoms with van der Waals surface area (Å²) in [7, 11) is 0. The predicted molar refractivity (Wildman–Crippen MR) is 142 cm³/mol. The zero-order chi connectivity index (χ0) is 24.9. The van der Waals surface area contributed by atoms with Gasteiger partial charge in [0.25, 0.3) is 0 Å². The lowest BCUT2D eigenvalue weighted by molar-refractivity contribution is -0.113. The fraction of sp³-hybridized carbons (Fsp3) is 0.400. The lowest BCUT2D eigenvalue weighted by Gasteiger charge is -2.27. The molecule has 3 heteroatoms. The van der Waals surface area contributed by atoms with Crippen molar-refractivity contribution in [2.75, 3.05) is 0 Å². The fourth-order valence-electron chi connectivity index (χ4n) is 4.69. The molecule has 0 N–H and O–H groups in total. The summed E-state index contributed by atoms with van der Waals surface area (Å²) in [5.41, 5.74) is 7.69. The van der Waals surface area contributed by atoms with E-state index >= 15 is 0 Å². The van der Waals surface area contributed by atoms with E-state index in [4.69, 9.17) is 0 Å². The summed E-state index contributed by atoms with van der Waals surface area (Å²) in [5, 5.41) is 0. The van der Waals surface area contributed by atoms with Crippen LogP contribution in [0.4, 0.5) is 0 Å². The van der Waals surface area contributed by atoms with Gasteiger partial charge in [-0.15, -0.1) is 11.3 Å². The first-order valence-corrected chi connectivity index (χ1v) is 12.4. The van der Waals surface area contributed by atoms with Gasteiger partial charge >= 0.3 is 0 Å². The van der Waals surface area contributed by atoms with Gasteiger partial charge in [-0.3, -0.25) is 9.59 Å². The van der Waals surface area contributed by atoms with Crippen LogP contribution in [0.2, 0.25) is 0 Å². The Bertz CT molecular complexity index is 1080. The number of rotatable bonds is 2. The molecule has 0 saturated heterocycles. The van der Waals surface area contributed by atoms with Crippen LogP contribution in [-0.4, -0.2) is 11.6 Å². The summed E-state index contributed by atoms with van der Waals surface area (Å²) in [4.78, 5) is 27.1. The topological polar surface area (TPSA) is 34.1 Å². The summed E-state index contributed by atoms with van der Waals surface area (Å²) in [5.74, 6) is 0.240. The van der Waals surface area contributed by atoms with Gasteiger partial charge in [0.1, 0.15) is 0 Å². The standard InChI is InChI=1S/C30H36O2S/c1-17-13-21(14-18(2)27(17)31)25(29(5,6)7)23-11-12-24(33-23)26(30(8,9)10)22-15-19(3)28(32)20(4)16-22/h11-16H,1-10H3. The second kappa shape index (κ2) is 8.68. The van der Waals surface area contributed by atoms with Gasteiger partial charge in [0.2, 0.25) is 0 Å². The van der Waals surface area contributed by atoms with Gasteiger partial charge in [-0.1, -0.05) is 41.5 Å². The average Bonchev–Trinajstić information content (AvgIpc) is 3.10. The number of thiophene rings is 1. The molecular weight excluding hydrogens is 424 g/mol. The van der Waals surface area contributed by atoms with Crippen LogP contribution in [-0.2, 0) is 9.59 Å². The highest BCUT2D eigenvalue weighted by Gasteiger charge is 2.29. The van der Waals surface area contributed by atoms with Crippen LogP contribution < -0.4 is 0 Å². The summed E-state index contributed by atoms with van der Waals surface area (Å²) in [6.45, 7) is 21.0. The van der Waals surface area contributed by atoms with Crippen molar-refractivity contribution in [2.24, 2.45) is 10.8 Å². The molecular formula is C30H36O2S. The van der Waals surface area contributed by atoms with Crippen molar-refractivity contribution in [1.82, 2.24) is 0 Å². The van der Waals surface area contributed by atoms with E-state index in [0.29, 0.717) is 0 Å². The zero-order valence-corrected chi connectivity index (χ0v) is 22.5. The van der Waals surface area contributed by atoms with E-state index in [2.05, 4.69) is 53.7 Å². The molecule has 3 rings (SSSR count). The SMILES string of the molecule is CC1=CC(=C(c2ccc(C(=C3C=C(C)C(=O)C(C)=C3)C(C)(C)C)s2)C(C)(C)C)C=C(C)C1=O. The lowest BCUT2D eigenvalue weighted by atomic mass is 9.79. The Hall–Kier alpha value is -2.52. The highest BCUT2D eigenvalue weighted by atomic mass is 32.1. The van der Waals surface area contributed by atoms with Crippen LogP contribution in [0.15, 0.2) is 69.9 Å². The van der Waals surface area contributed by atoms with Gasteiger partial charge in [-0.05, 0) is 120 Å². The molecule has 2 aliphatic carbocycles. The van der Waals surface area contributed by atoms with Crippen molar-refractivity contribution >= 4 is 34.0 Å². The van der Waals surface area contributed by atoms with Gasteiger partial charge < -0.3 is 0 Å². The smallest absolute Gasteiger partial charge is 0.184 e. The number of hydrogen-bond donors (Lipinski definition) is 0. The molecule has 0 amide bonds. The second-order valence-corrected chi connectivity index (χ2v) is 12.4. The van der Waals surface area contributed by atoms with Crippen LogP contribution in [0, 0.1) is 10.8 Å².